The highest BCUT2D eigenvalue weighted by Gasteiger charge is 2.22. The van der Waals surface area contributed by atoms with Gasteiger partial charge in [-0.05, 0) is 94.7 Å². The summed E-state index contributed by atoms with van der Waals surface area (Å²) in [7, 11) is 4.31. The van der Waals surface area contributed by atoms with Gasteiger partial charge in [0.2, 0.25) is 5.91 Å². The molecule has 1 aromatic heterocycles. The minimum absolute atomic E-state index is 0.0414. The van der Waals surface area contributed by atoms with Gasteiger partial charge >= 0.3 is 0 Å². The third-order valence-electron chi connectivity index (χ3n) is 6.76. The summed E-state index contributed by atoms with van der Waals surface area (Å²) >= 11 is 6.36. The fourth-order valence-electron chi connectivity index (χ4n) is 4.69. The van der Waals surface area contributed by atoms with Crippen molar-refractivity contribution >= 4 is 39.9 Å². The number of benzene rings is 2. The Morgan fingerprint density at radius 2 is 1.94 bits per heavy atom. The van der Waals surface area contributed by atoms with Crippen LogP contribution in [0.1, 0.15) is 37.3 Å². The largest absolute Gasteiger partial charge is 0.494 e. The van der Waals surface area contributed by atoms with Gasteiger partial charge in [-0.3, -0.25) is 4.79 Å². The quantitative estimate of drug-likeness (QED) is 0.435. The van der Waals surface area contributed by atoms with Crippen molar-refractivity contribution in [1.29, 1.82) is 0 Å². The second-order valence-electron chi connectivity index (χ2n) is 9.45. The van der Waals surface area contributed by atoms with Crippen molar-refractivity contribution in [2.75, 3.05) is 44.0 Å². The van der Waals surface area contributed by atoms with Gasteiger partial charge in [0.15, 0.2) is 0 Å². The standard InChI is InChI=1S/C28H35ClN4O2/c1-5-35-23-9-6-20(25(29)18-23)7-11-28(34)30-21-8-10-26-24(17-21)19(2)16-27(31-26)33-14-12-22(13-15-33)32(3)4/h6,8-10,16-18,22H,5,7,11-15H2,1-4H3,(H,30,34). The van der Waals surface area contributed by atoms with E-state index >= 15 is 0 Å². The Balaban J connectivity index is 1.39. The summed E-state index contributed by atoms with van der Waals surface area (Å²) in [5.74, 6) is 1.74. The molecule has 1 fully saturated rings. The summed E-state index contributed by atoms with van der Waals surface area (Å²) in [6.45, 7) is 6.68. The van der Waals surface area contributed by atoms with Crippen LogP contribution in [0.4, 0.5) is 11.5 Å². The van der Waals surface area contributed by atoms with E-state index in [1.54, 1.807) is 6.07 Å². The lowest BCUT2D eigenvalue weighted by atomic mass is 10.0. The Bertz CT molecular complexity index is 1190. The maximum atomic E-state index is 12.6. The Labute approximate surface area is 213 Å². The van der Waals surface area contributed by atoms with Gasteiger partial charge in [-0.15, -0.1) is 0 Å². The maximum absolute atomic E-state index is 12.6. The van der Waals surface area contributed by atoms with Gasteiger partial charge in [-0.2, -0.15) is 0 Å². The summed E-state index contributed by atoms with van der Waals surface area (Å²) in [4.78, 5) is 22.2. The summed E-state index contributed by atoms with van der Waals surface area (Å²) in [6, 6.07) is 14.4. The number of piperidine rings is 1. The molecule has 1 aliphatic rings. The number of hydrogen-bond acceptors (Lipinski definition) is 5. The summed E-state index contributed by atoms with van der Waals surface area (Å²) in [6.07, 6.45) is 3.22. The number of halogens is 1. The van der Waals surface area contributed by atoms with E-state index in [0.29, 0.717) is 30.5 Å². The number of aryl methyl sites for hydroxylation is 2. The van der Waals surface area contributed by atoms with Gasteiger partial charge in [0, 0.05) is 41.6 Å². The molecule has 0 aliphatic carbocycles. The molecule has 1 N–H and O–H groups in total. The monoisotopic (exact) mass is 494 g/mol. The van der Waals surface area contributed by atoms with Gasteiger partial charge in [-0.25, -0.2) is 4.98 Å². The van der Waals surface area contributed by atoms with Crippen LogP contribution in [0.2, 0.25) is 5.02 Å². The molecule has 35 heavy (non-hydrogen) atoms. The Morgan fingerprint density at radius 3 is 2.63 bits per heavy atom. The molecular weight excluding hydrogens is 460 g/mol. The zero-order valence-electron chi connectivity index (χ0n) is 21.1. The van der Waals surface area contributed by atoms with Crippen molar-refractivity contribution in [2.24, 2.45) is 0 Å². The van der Waals surface area contributed by atoms with E-state index in [1.807, 2.05) is 37.3 Å². The van der Waals surface area contributed by atoms with Crippen molar-refractivity contribution in [3.8, 4) is 5.75 Å². The lowest BCUT2D eigenvalue weighted by molar-refractivity contribution is -0.116. The van der Waals surface area contributed by atoms with Crippen LogP contribution in [0.25, 0.3) is 10.9 Å². The number of aromatic nitrogens is 1. The molecule has 4 rings (SSSR count). The number of fused-ring (bicyclic) bond motifs is 1. The van der Waals surface area contributed by atoms with E-state index in [-0.39, 0.29) is 5.91 Å². The van der Waals surface area contributed by atoms with Crippen LogP contribution in [0.5, 0.6) is 5.75 Å². The average Bonchev–Trinajstić information content (AvgIpc) is 2.84. The molecule has 1 saturated heterocycles. The molecule has 0 bridgehead atoms. The molecule has 3 aromatic rings. The second kappa shape index (κ2) is 11.3. The van der Waals surface area contributed by atoms with Crippen molar-refractivity contribution in [3.63, 3.8) is 0 Å². The van der Waals surface area contributed by atoms with E-state index in [2.05, 4.69) is 42.2 Å². The minimum atomic E-state index is -0.0414. The summed E-state index contributed by atoms with van der Waals surface area (Å²) < 4.78 is 5.47. The molecular formula is C28H35ClN4O2. The third-order valence-corrected chi connectivity index (χ3v) is 7.11. The fourth-order valence-corrected chi connectivity index (χ4v) is 4.95. The topological polar surface area (TPSA) is 57.7 Å². The number of nitrogens with zero attached hydrogens (tertiary/aromatic N) is 3. The molecule has 2 heterocycles. The number of nitrogens with one attached hydrogen (secondary N) is 1. The number of carbonyl (C=O) groups is 1. The van der Waals surface area contributed by atoms with Crippen LogP contribution >= 0.6 is 11.6 Å². The number of amides is 1. The Kier molecular flexibility index (Phi) is 8.14. The highest BCUT2D eigenvalue weighted by molar-refractivity contribution is 6.31. The summed E-state index contributed by atoms with van der Waals surface area (Å²) in [5, 5.41) is 4.71. The lowest BCUT2D eigenvalue weighted by Crippen LogP contribution is -2.42. The van der Waals surface area contributed by atoms with Gasteiger partial charge < -0.3 is 19.9 Å². The molecule has 0 radical (unpaired) electrons. The normalized spacial score (nSPS) is 14.5. The van der Waals surface area contributed by atoms with E-state index in [9.17, 15) is 4.79 Å². The van der Waals surface area contributed by atoms with Crippen molar-refractivity contribution in [3.05, 3.63) is 58.6 Å². The highest BCUT2D eigenvalue weighted by Crippen LogP contribution is 2.28. The first-order valence-electron chi connectivity index (χ1n) is 12.4. The van der Waals surface area contributed by atoms with Crippen LogP contribution in [0.3, 0.4) is 0 Å². The van der Waals surface area contributed by atoms with E-state index in [4.69, 9.17) is 21.3 Å². The van der Waals surface area contributed by atoms with E-state index < -0.39 is 0 Å². The molecule has 1 aliphatic heterocycles. The average molecular weight is 495 g/mol. The third kappa shape index (κ3) is 6.24. The summed E-state index contributed by atoms with van der Waals surface area (Å²) in [5.41, 5.74) is 3.83. The van der Waals surface area contributed by atoms with Crippen molar-refractivity contribution < 1.29 is 9.53 Å². The van der Waals surface area contributed by atoms with Gasteiger partial charge in [0.05, 0.1) is 12.1 Å². The molecule has 6 nitrogen and oxygen atoms in total. The number of carbonyl (C=O) groups excluding carboxylic acids is 1. The number of anilines is 2. The predicted octanol–water partition coefficient (Wildman–Crippen LogP) is 5.70. The van der Waals surface area contributed by atoms with Gasteiger partial charge in [0.1, 0.15) is 11.6 Å². The van der Waals surface area contributed by atoms with E-state index in [1.165, 1.54) is 0 Å². The second-order valence-corrected chi connectivity index (χ2v) is 9.85. The van der Waals surface area contributed by atoms with Crippen molar-refractivity contribution in [2.45, 2.75) is 45.6 Å². The first-order chi connectivity index (χ1) is 16.8. The maximum Gasteiger partial charge on any atom is 0.224 e. The fraction of sp³-hybridized carbons (Fsp3) is 0.429. The molecule has 0 saturated carbocycles. The van der Waals surface area contributed by atoms with Crippen molar-refractivity contribution in [1.82, 2.24) is 9.88 Å². The molecule has 0 atom stereocenters. The zero-order chi connectivity index (χ0) is 24.9. The van der Waals surface area contributed by atoms with Gasteiger partial charge in [-0.1, -0.05) is 17.7 Å². The van der Waals surface area contributed by atoms with Crippen LogP contribution in [0, 0.1) is 6.92 Å². The van der Waals surface area contributed by atoms with Crippen LogP contribution < -0.4 is 15.0 Å². The molecule has 0 spiro atoms. The smallest absolute Gasteiger partial charge is 0.224 e. The van der Waals surface area contributed by atoms with E-state index in [0.717, 1.165) is 65.2 Å². The Morgan fingerprint density at radius 1 is 1.17 bits per heavy atom. The predicted molar refractivity (Wildman–Crippen MR) is 145 cm³/mol. The number of pyridine rings is 1. The SMILES string of the molecule is CCOc1ccc(CCC(=O)Nc2ccc3nc(N4CCC(N(C)C)CC4)cc(C)c3c2)c(Cl)c1. The lowest BCUT2D eigenvalue weighted by Gasteiger charge is -2.36. The first kappa shape index (κ1) is 25.3. The van der Waals surface area contributed by atoms with Crippen LogP contribution in [-0.4, -0.2) is 55.6 Å². The minimum Gasteiger partial charge on any atom is -0.494 e. The first-order valence-corrected chi connectivity index (χ1v) is 12.8. The number of ether oxygens (including phenoxy) is 1. The molecule has 186 valence electrons. The van der Waals surface area contributed by atoms with Gasteiger partial charge in [0.25, 0.3) is 0 Å². The number of rotatable bonds is 8. The highest BCUT2D eigenvalue weighted by atomic mass is 35.5. The Hall–Kier alpha value is -2.83. The molecule has 2 aromatic carbocycles. The molecule has 0 unspecified atom stereocenters. The van der Waals surface area contributed by atoms with Crippen LogP contribution in [0.15, 0.2) is 42.5 Å². The number of hydrogen-bond donors (Lipinski definition) is 1. The molecule has 1 amide bonds. The van der Waals surface area contributed by atoms with Crippen LogP contribution in [-0.2, 0) is 11.2 Å². The zero-order valence-corrected chi connectivity index (χ0v) is 21.9. The molecule has 7 heteroatoms.